The van der Waals surface area contributed by atoms with Crippen LogP contribution in [0.15, 0.2) is 83.0 Å². The lowest BCUT2D eigenvalue weighted by Crippen LogP contribution is -2.30. The van der Waals surface area contributed by atoms with Gasteiger partial charge < -0.3 is 10.6 Å². The third-order valence-corrected chi connectivity index (χ3v) is 5.75. The Morgan fingerprint density at radius 1 is 1.00 bits per heavy atom. The second kappa shape index (κ2) is 9.71. The van der Waals surface area contributed by atoms with Crippen molar-refractivity contribution in [3.63, 3.8) is 0 Å². The summed E-state index contributed by atoms with van der Waals surface area (Å²) in [6, 6.07) is 18.1. The van der Waals surface area contributed by atoms with Gasteiger partial charge in [-0.1, -0.05) is 41.6 Å². The molecule has 2 aromatic carbocycles. The minimum absolute atomic E-state index is 0.0769. The molecule has 0 spiro atoms. The number of benzene rings is 2. The van der Waals surface area contributed by atoms with Crippen molar-refractivity contribution >= 4 is 46.5 Å². The molecule has 1 amide bonds. The summed E-state index contributed by atoms with van der Waals surface area (Å²) in [7, 11) is 0. The molecule has 0 aliphatic carbocycles. The Morgan fingerprint density at radius 3 is 2.38 bits per heavy atom. The van der Waals surface area contributed by atoms with Crippen molar-refractivity contribution in [1.29, 1.82) is 0 Å². The minimum atomic E-state index is -0.358. The van der Waals surface area contributed by atoms with E-state index in [0.717, 1.165) is 5.56 Å². The molecule has 0 aliphatic heterocycles. The topological polar surface area (TPSA) is 93.8 Å². The predicted octanol–water partition coefficient (Wildman–Crippen LogP) is 4.40. The van der Waals surface area contributed by atoms with Crippen LogP contribution in [0.3, 0.4) is 0 Å². The molecular formula is C22H19ClN6O2S. The Hall–Kier alpha value is -3.56. The molecule has 4 rings (SSSR count). The summed E-state index contributed by atoms with van der Waals surface area (Å²) in [6.45, 7) is 1.44. The number of amides is 1. The van der Waals surface area contributed by atoms with Crippen molar-refractivity contribution < 1.29 is 4.79 Å². The van der Waals surface area contributed by atoms with E-state index < -0.39 is 0 Å². The molecular weight excluding hydrogens is 448 g/mol. The number of rotatable bonds is 7. The van der Waals surface area contributed by atoms with Gasteiger partial charge in [-0.05, 0) is 48.0 Å². The summed E-state index contributed by atoms with van der Waals surface area (Å²) in [6.07, 6.45) is 3.52. The molecule has 2 heterocycles. The van der Waals surface area contributed by atoms with Gasteiger partial charge in [-0.2, -0.15) is 4.68 Å². The maximum atomic E-state index is 13.3. The summed E-state index contributed by atoms with van der Waals surface area (Å²) >= 11 is 7.62. The van der Waals surface area contributed by atoms with Crippen LogP contribution in [0.2, 0.25) is 5.02 Å². The Morgan fingerprint density at radius 2 is 1.69 bits per heavy atom. The maximum Gasteiger partial charge on any atom is 0.316 e. The van der Waals surface area contributed by atoms with E-state index >= 15 is 0 Å². The first-order valence-corrected chi connectivity index (χ1v) is 11.0. The van der Waals surface area contributed by atoms with Gasteiger partial charge in [-0.15, -0.1) is 10.2 Å². The zero-order valence-electron chi connectivity index (χ0n) is 17.0. The highest BCUT2D eigenvalue weighted by atomic mass is 35.5. The monoisotopic (exact) mass is 466 g/mol. The fraction of sp³-hybridized carbons (Fsp3) is 0.0909. The van der Waals surface area contributed by atoms with Gasteiger partial charge in [0.25, 0.3) is 0 Å². The first kappa shape index (κ1) is 21.7. The number of nitrogens with one attached hydrogen (secondary N) is 2. The maximum absolute atomic E-state index is 13.3. The van der Waals surface area contributed by atoms with Crippen LogP contribution in [0.5, 0.6) is 0 Å². The molecule has 2 N–H and O–H groups in total. The number of anilines is 3. The summed E-state index contributed by atoms with van der Waals surface area (Å²) in [5.74, 6) is 0.455. The lowest BCUT2D eigenvalue weighted by molar-refractivity contribution is -0.114. The Balaban J connectivity index is 1.62. The fourth-order valence-electron chi connectivity index (χ4n) is 2.93. The number of hydrogen-bond acceptors (Lipinski definition) is 6. The minimum Gasteiger partial charge on any atom is -0.334 e. The molecule has 0 unspecified atom stereocenters. The van der Waals surface area contributed by atoms with Crippen LogP contribution in [0, 0.1) is 0 Å². The molecule has 2 aromatic heterocycles. The molecule has 0 radical (unpaired) electrons. The van der Waals surface area contributed by atoms with Crippen molar-refractivity contribution in [3.05, 3.63) is 94.0 Å². The SMILES string of the molecule is CC(=O)Nc1ccc(Nc2nnc(SCc3ccccc3Cl)n(-n3cccc3)c2=O)cc1. The molecule has 32 heavy (non-hydrogen) atoms. The molecule has 10 heteroatoms. The average molecular weight is 467 g/mol. The fourth-order valence-corrected chi connectivity index (χ4v) is 4.15. The Labute approximate surface area is 193 Å². The zero-order valence-corrected chi connectivity index (χ0v) is 18.6. The number of hydrogen-bond donors (Lipinski definition) is 2. The normalized spacial score (nSPS) is 10.7. The Bertz CT molecular complexity index is 1290. The average Bonchev–Trinajstić information content (AvgIpc) is 3.30. The van der Waals surface area contributed by atoms with Gasteiger partial charge in [0, 0.05) is 41.5 Å². The molecule has 0 saturated heterocycles. The van der Waals surface area contributed by atoms with Gasteiger partial charge in [0.1, 0.15) is 0 Å². The third kappa shape index (κ3) is 5.01. The largest absolute Gasteiger partial charge is 0.334 e. The van der Waals surface area contributed by atoms with E-state index in [0.29, 0.717) is 27.3 Å². The van der Waals surface area contributed by atoms with Gasteiger partial charge >= 0.3 is 5.56 Å². The highest BCUT2D eigenvalue weighted by Crippen LogP contribution is 2.25. The number of halogens is 1. The van der Waals surface area contributed by atoms with E-state index in [1.807, 2.05) is 36.4 Å². The van der Waals surface area contributed by atoms with E-state index in [4.69, 9.17) is 11.6 Å². The first-order valence-electron chi connectivity index (χ1n) is 9.65. The van der Waals surface area contributed by atoms with Crippen molar-refractivity contribution in [2.45, 2.75) is 17.8 Å². The summed E-state index contributed by atoms with van der Waals surface area (Å²) in [5, 5.41) is 15.2. The highest BCUT2D eigenvalue weighted by Gasteiger charge is 2.15. The second-order valence-corrected chi connectivity index (χ2v) is 8.12. The predicted molar refractivity (Wildman–Crippen MR) is 127 cm³/mol. The van der Waals surface area contributed by atoms with Gasteiger partial charge in [-0.25, -0.2) is 0 Å². The smallest absolute Gasteiger partial charge is 0.316 e. The van der Waals surface area contributed by atoms with Crippen LogP contribution in [0.25, 0.3) is 0 Å². The number of carbonyl (C=O) groups excluding carboxylic acids is 1. The molecule has 8 nitrogen and oxygen atoms in total. The molecule has 4 aromatic rings. The van der Waals surface area contributed by atoms with Crippen molar-refractivity contribution in [1.82, 2.24) is 19.5 Å². The van der Waals surface area contributed by atoms with Crippen LogP contribution >= 0.6 is 23.4 Å². The van der Waals surface area contributed by atoms with Gasteiger partial charge in [-0.3, -0.25) is 14.3 Å². The molecule has 0 saturated carbocycles. The second-order valence-electron chi connectivity index (χ2n) is 6.77. The molecule has 0 atom stereocenters. The molecule has 0 aliphatic rings. The van der Waals surface area contributed by atoms with E-state index in [9.17, 15) is 9.59 Å². The van der Waals surface area contributed by atoms with Gasteiger partial charge in [0.15, 0.2) is 0 Å². The van der Waals surface area contributed by atoms with Crippen molar-refractivity contribution in [3.8, 4) is 0 Å². The number of nitrogens with zero attached hydrogens (tertiary/aromatic N) is 4. The van der Waals surface area contributed by atoms with Crippen LogP contribution in [-0.2, 0) is 10.5 Å². The third-order valence-electron chi connectivity index (χ3n) is 4.41. The van der Waals surface area contributed by atoms with E-state index in [-0.39, 0.29) is 17.3 Å². The van der Waals surface area contributed by atoms with E-state index in [2.05, 4.69) is 20.8 Å². The van der Waals surface area contributed by atoms with Crippen LogP contribution < -0.4 is 16.2 Å². The van der Waals surface area contributed by atoms with Crippen molar-refractivity contribution in [2.75, 3.05) is 10.6 Å². The Kier molecular flexibility index (Phi) is 6.58. The van der Waals surface area contributed by atoms with E-state index in [1.54, 1.807) is 41.3 Å². The summed E-state index contributed by atoms with van der Waals surface area (Å²) < 4.78 is 3.10. The number of carbonyl (C=O) groups is 1. The number of thioether (sulfide) groups is 1. The molecule has 0 fully saturated rings. The van der Waals surface area contributed by atoms with Crippen LogP contribution in [0.1, 0.15) is 12.5 Å². The highest BCUT2D eigenvalue weighted by molar-refractivity contribution is 7.98. The lowest BCUT2D eigenvalue weighted by Gasteiger charge is -2.14. The van der Waals surface area contributed by atoms with Gasteiger partial charge in [0.2, 0.25) is 16.9 Å². The molecule has 162 valence electrons. The zero-order chi connectivity index (χ0) is 22.5. The van der Waals surface area contributed by atoms with E-state index in [1.165, 1.54) is 23.4 Å². The summed E-state index contributed by atoms with van der Waals surface area (Å²) in [4.78, 5) is 24.4. The standard InChI is InChI=1S/C22H19ClN6O2S/c1-15(30)24-17-8-10-18(11-9-17)25-20-21(31)29(28-12-4-5-13-28)22(27-26-20)32-14-16-6-2-3-7-19(16)23/h2-13H,14H2,1H3,(H,24,30)(H,25,26). The number of aromatic nitrogens is 4. The van der Waals surface area contributed by atoms with Crippen LogP contribution in [-0.4, -0.2) is 25.5 Å². The summed E-state index contributed by atoms with van der Waals surface area (Å²) in [5.41, 5.74) is 1.88. The first-order chi connectivity index (χ1) is 15.5. The van der Waals surface area contributed by atoms with Crippen LogP contribution in [0.4, 0.5) is 17.2 Å². The lowest BCUT2D eigenvalue weighted by atomic mass is 10.2. The van der Waals surface area contributed by atoms with Crippen molar-refractivity contribution in [2.24, 2.45) is 0 Å². The quantitative estimate of drug-likeness (QED) is 0.392. The van der Waals surface area contributed by atoms with Gasteiger partial charge in [0.05, 0.1) is 0 Å². The molecule has 0 bridgehead atoms.